The maximum atomic E-state index is 5.51. The maximum absolute atomic E-state index is 5.51. The number of rotatable bonds is 9. The van der Waals surface area contributed by atoms with E-state index in [0.29, 0.717) is 11.6 Å². The smallest absolute Gasteiger partial charge is 0.160 e. The van der Waals surface area contributed by atoms with Crippen molar-refractivity contribution in [2.75, 3.05) is 0 Å². The van der Waals surface area contributed by atoms with Crippen LogP contribution >= 0.6 is 0 Å². The molecule has 0 N–H and O–H groups in total. The van der Waals surface area contributed by atoms with Gasteiger partial charge < -0.3 is 0 Å². The highest BCUT2D eigenvalue weighted by atomic mass is 14.9. The number of nitrogens with zero attached hydrogens (tertiary/aromatic N) is 4. The second kappa shape index (κ2) is 16.4. The molecule has 4 nitrogen and oxygen atoms in total. The highest BCUT2D eigenvalue weighted by Crippen LogP contribution is 2.42. The van der Waals surface area contributed by atoms with Crippen LogP contribution in [0.2, 0.25) is 0 Å². The van der Waals surface area contributed by atoms with E-state index >= 15 is 0 Å². The van der Waals surface area contributed by atoms with Crippen molar-refractivity contribution in [3.63, 3.8) is 0 Å². The molecule has 0 saturated heterocycles. The van der Waals surface area contributed by atoms with Crippen molar-refractivity contribution >= 4 is 0 Å². The molecule has 0 amide bonds. The van der Waals surface area contributed by atoms with Crippen LogP contribution in [0.15, 0.2) is 231 Å². The number of benzene rings is 8. The summed E-state index contributed by atoms with van der Waals surface area (Å²) in [6.45, 7) is 0. The van der Waals surface area contributed by atoms with Gasteiger partial charge in [-0.15, -0.1) is 0 Å². The van der Waals surface area contributed by atoms with Gasteiger partial charge in [-0.3, -0.25) is 0 Å². The van der Waals surface area contributed by atoms with Crippen molar-refractivity contribution in [1.29, 1.82) is 0 Å². The Balaban J connectivity index is 1.20. The van der Waals surface area contributed by atoms with E-state index in [2.05, 4.69) is 182 Å². The largest absolute Gasteiger partial charge is 0.228 e. The van der Waals surface area contributed by atoms with Gasteiger partial charge >= 0.3 is 0 Å². The van der Waals surface area contributed by atoms with Crippen LogP contribution in [0, 0.1) is 0 Å². The zero-order valence-corrected chi connectivity index (χ0v) is 32.7. The Hall–Kier alpha value is -8.08. The second-order valence-corrected chi connectivity index (χ2v) is 14.7. The predicted molar refractivity (Wildman–Crippen MR) is 247 cm³/mol. The minimum Gasteiger partial charge on any atom is -0.228 e. The molecule has 0 atom stereocenters. The van der Waals surface area contributed by atoms with Gasteiger partial charge in [0.15, 0.2) is 11.6 Å². The molecule has 10 rings (SSSR count). The summed E-state index contributed by atoms with van der Waals surface area (Å²) in [7, 11) is 0. The molecule has 4 heteroatoms. The molecule has 0 radical (unpaired) electrons. The van der Waals surface area contributed by atoms with Crippen LogP contribution in [0.4, 0.5) is 0 Å². The highest BCUT2D eigenvalue weighted by Gasteiger charge is 2.22. The monoisotopic (exact) mass is 766 g/mol. The van der Waals surface area contributed by atoms with Crippen LogP contribution in [-0.4, -0.2) is 19.9 Å². The lowest BCUT2D eigenvalue weighted by molar-refractivity contribution is 1.18. The Kier molecular flexibility index (Phi) is 9.92. The van der Waals surface area contributed by atoms with Crippen LogP contribution in [0.5, 0.6) is 0 Å². The molecule has 2 aromatic heterocycles. The maximum Gasteiger partial charge on any atom is 0.160 e. The SMILES string of the molecule is c1ccc(-c2cc(-c3ccccc3)cc(-c3nc(-c4ccccc4)c(-c4cccc(-c5nc(-c6ccccc6)cc(-c6ccccc6)n5)c4)c(-c4ccccc4)n3)c2)cc1. The summed E-state index contributed by atoms with van der Waals surface area (Å²) >= 11 is 0. The van der Waals surface area contributed by atoms with E-state index < -0.39 is 0 Å². The van der Waals surface area contributed by atoms with Crippen molar-refractivity contribution < 1.29 is 0 Å². The van der Waals surface area contributed by atoms with Gasteiger partial charge in [0.25, 0.3) is 0 Å². The Morgan fingerprint density at radius 3 is 0.950 bits per heavy atom. The van der Waals surface area contributed by atoms with E-state index in [1.165, 1.54) is 0 Å². The van der Waals surface area contributed by atoms with Crippen molar-refractivity contribution in [2.45, 2.75) is 0 Å². The molecule has 0 unspecified atom stereocenters. The zero-order chi connectivity index (χ0) is 40.1. The van der Waals surface area contributed by atoms with E-state index in [-0.39, 0.29) is 0 Å². The standard InChI is InChI=1S/C56H38N4/c1-7-20-39(21-8-1)47-35-48(40-22-9-2-10-23-40)37-49(36-47)56-59-53(43-28-15-5-16-29-43)52(54(60-56)44-30-17-6-18-31-44)45-32-19-33-46(34-45)55-57-50(41-24-11-3-12-25-41)38-51(58-55)42-26-13-4-14-27-42/h1-38H. The minimum absolute atomic E-state index is 0.642. The lowest BCUT2D eigenvalue weighted by Crippen LogP contribution is -2.02. The number of hydrogen-bond acceptors (Lipinski definition) is 4. The van der Waals surface area contributed by atoms with Gasteiger partial charge in [0.05, 0.1) is 22.8 Å². The lowest BCUT2D eigenvalue weighted by atomic mass is 9.92. The van der Waals surface area contributed by atoms with Crippen LogP contribution in [0.25, 0.3) is 101 Å². The average Bonchev–Trinajstić information content (AvgIpc) is 3.35. The fraction of sp³-hybridized carbons (Fsp3) is 0. The molecule has 0 aliphatic rings. The molecule has 60 heavy (non-hydrogen) atoms. The van der Waals surface area contributed by atoms with E-state index in [4.69, 9.17) is 19.9 Å². The molecule has 0 aliphatic heterocycles. The summed E-state index contributed by atoms with van der Waals surface area (Å²) in [4.78, 5) is 21.4. The van der Waals surface area contributed by atoms with Gasteiger partial charge in [0.1, 0.15) is 0 Å². The first-order valence-electron chi connectivity index (χ1n) is 20.1. The number of hydrogen-bond donors (Lipinski definition) is 0. The lowest BCUT2D eigenvalue weighted by Gasteiger charge is -2.18. The molecule has 0 spiro atoms. The van der Waals surface area contributed by atoms with Crippen molar-refractivity contribution in [1.82, 2.24) is 19.9 Å². The molecule has 282 valence electrons. The summed E-state index contributed by atoms with van der Waals surface area (Å²) in [5.74, 6) is 1.29. The summed E-state index contributed by atoms with van der Waals surface area (Å²) in [6.07, 6.45) is 0. The van der Waals surface area contributed by atoms with Crippen molar-refractivity contribution in [3.05, 3.63) is 231 Å². The first-order chi connectivity index (χ1) is 29.7. The Labute approximate surface area is 350 Å². The van der Waals surface area contributed by atoms with E-state index in [1.807, 2.05) is 48.5 Å². The molecular weight excluding hydrogens is 729 g/mol. The Morgan fingerprint density at radius 2 is 0.517 bits per heavy atom. The molecular formula is C56H38N4. The minimum atomic E-state index is 0.642. The molecule has 0 saturated carbocycles. The van der Waals surface area contributed by atoms with Gasteiger partial charge in [-0.1, -0.05) is 200 Å². The fourth-order valence-corrected chi connectivity index (χ4v) is 7.73. The number of aromatic nitrogens is 4. The summed E-state index contributed by atoms with van der Waals surface area (Å²) in [5, 5.41) is 0. The van der Waals surface area contributed by atoms with Crippen molar-refractivity contribution in [3.8, 4) is 101 Å². The van der Waals surface area contributed by atoms with Gasteiger partial charge in [0, 0.05) is 38.9 Å². The summed E-state index contributed by atoms with van der Waals surface area (Å²) < 4.78 is 0. The predicted octanol–water partition coefficient (Wildman–Crippen LogP) is 14.3. The van der Waals surface area contributed by atoms with Crippen molar-refractivity contribution in [2.24, 2.45) is 0 Å². The topological polar surface area (TPSA) is 51.6 Å². The van der Waals surface area contributed by atoms with Gasteiger partial charge in [0.2, 0.25) is 0 Å². The Morgan fingerprint density at radius 1 is 0.200 bits per heavy atom. The zero-order valence-electron chi connectivity index (χ0n) is 32.7. The van der Waals surface area contributed by atoms with E-state index in [1.54, 1.807) is 0 Å². The third kappa shape index (κ3) is 7.53. The first kappa shape index (κ1) is 36.3. The van der Waals surface area contributed by atoms with Gasteiger partial charge in [-0.25, -0.2) is 19.9 Å². The molecule has 0 fully saturated rings. The summed E-state index contributed by atoms with van der Waals surface area (Å²) in [5.41, 5.74) is 15.6. The fourth-order valence-electron chi connectivity index (χ4n) is 7.73. The molecule has 0 aliphatic carbocycles. The van der Waals surface area contributed by atoms with Crippen LogP contribution in [-0.2, 0) is 0 Å². The third-order valence-electron chi connectivity index (χ3n) is 10.7. The molecule has 10 aromatic rings. The van der Waals surface area contributed by atoms with E-state index in [9.17, 15) is 0 Å². The van der Waals surface area contributed by atoms with Crippen LogP contribution < -0.4 is 0 Å². The average molecular weight is 767 g/mol. The van der Waals surface area contributed by atoms with Gasteiger partial charge in [-0.2, -0.15) is 0 Å². The Bertz CT molecular complexity index is 2870. The quantitative estimate of drug-likeness (QED) is 0.147. The highest BCUT2D eigenvalue weighted by molar-refractivity contribution is 5.93. The first-order valence-corrected chi connectivity index (χ1v) is 20.1. The van der Waals surface area contributed by atoms with Gasteiger partial charge in [-0.05, 0) is 58.1 Å². The van der Waals surface area contributed by atoms with E-state index in [0.717, 1.165) is 89.5 Å². The third-order valence-corrected chi connectivity index (χ3v) is 10.7. The normalized spacial score (nSPS) is 11.0. The second-order valence-electron chi connectivity index (χ2n) is 14.7. The van der Waals surface area contributed by atoms with Crippen LogP contribution in [0.3, 0.4) is 0 Å². The summed E-state index contributed by atoms with van der Waals surface area (Å²) in [6, 6.07) is 79.7. The molecule has 8 aromatic carbocycles. The molecule has 2 heterocycles. The van der Waals surface area contributed by atoms with Crippen LogP contribution in [0.1, 0.15) is 0 Å². The molecule has 0 bridgehead atoms.